The monoisotopic (exact) mass is 675 g/mol. The van der Waals surface area contributed by atoms with Gasteiger partial charge in [-0.15, -0.1) is 10.2 Å². The van der Waals surface area contributed by atoms with Crippen molar-refractivity contribution in [2.45, 2.75) is 43.3 Å². The molecule has 1 saturated heterocycles. The summed E-state index contributed by atoms with van der Waals surface area (Å²) in [5, 5.41) is 21.4. The van der Waals surface area contributed by atoms with E-state index in [1.54, 1.807) is 47.9 Å². The van der Waals surface area contributed by atoms with Crippen LogP contribution in [0.5, 0.6) is 11.5 Å². The van der Waals surface area contributed by atoms with Gasteiger partial charge in [-0.1, -0.05) is 72.0 Å². The highest BCUT2D eigenvalue weighted by Crippen LogP contribution is 2.46. The Morgan fingerprint density at radius 1 is 1.04 bits per heavy atom. The fourth-order valence-electron chi connectivity index (χ4n) is 5.28. The van der Waals surface area contributed by atoms with E-state index in [4.69, 9.17) is 21.1 Å². The lowest BCUT2D eigenvalue weighted by Gasteiger charge is -2.23. The lowest BCUT2D eigenvalue weighted by atomic mass is 9.96. The second-order valence-corrected chi connectivity index (χ2v) is 12.9. The molecule has 4 heterocycles. The molecule has 1 fully saturated rings. The Labute approximate surface area is 278 Å². The predicted octanol–water partition coefficient (Wildman–Crippen LogP) is 7.25. The lowest BCUT2D eigenvalue weighted by molar-refractivity contribution is -0.132. The topological polar surface area (TPSA) is 119 Å². The minimum absolute atomic E-state index is 0.0936. The van der Waals surface area contributed by atoms with Crippen molar-refractivity contribution < 1.29 is 24.2 Å². The van der Waals surface area contributed by atoms with Gasteiger partial charge in [0.1, 0.15) is 11.3 Å². The molecule has 1 unspecified atom stereocenters. The third-order valence-electron chi connectivity index (χ3n) is 7.33. The van der Waals surface area contributed by atoms with Crippen LogP contribution in [0.2, 0.25) is 5.02 Å². The van der Waals surface area contributed by atoms with E-state index in [1.165, 1.54) is 28.0 Å². The molecular weight excluding hydrogens is 646 g/mol. The van der Waals surface area contributed by atoms with Gasteiger partial charge in [-0.3, -0.25) is 18.9 Å². The quantitative estimate of drug-likeness (QED) is 0.0507. The van der Waals surface area contributed by atoms with Crippen molar-refractivity contribution in [2.24, 2.45) is 0 Å². The number of ketones is 1. The van der Waals surface area contributed by atoms with Gasteiger partial charge < -0.3 is 14.6 Å². The smallest absolute Gasteiger partial charge is 0.301 e. The summed E-state index contributed by atoms with van der Waals surface area (Å²) >= 11 is 8.94. The summed E-state index contributed by atoms with van der Waals surface area (Å²) < 4.78 is 14.1. The average Bonchev–Trinajstić information content (AvgIpc) is 3.73. The number of benzene rings is 2. The molecule has 1 aliphatic heterocycles. The van der Waals surface area contributed by atoms with Gasteiger partial charge >= 0.3 is 5.91 Å². The standard InChI is InChI=1S/C33H30ClN5O5S2/c1-4-16-44-23-14-13-20(17-24(23)43-5-2)28-26(29(40)27-19(3)35-25-12-8-9-15-38(25)27)30(41)31(42)39(28)32-36-37-33(46-32)45-18-21-10-6-7-11-22(21)34/h6-15,17,28,40H,4-5,16,18H2,1-3H3. The highest BCUT2D eigenvalue weighted by molar-refractivity contribution is 8.00. The van der Waals surface area contributed by atoms with E-state index < -0.39 is 17.7 Å². The maximum absolute atomic E-state index is 13.9. The van der Waals surface area contributed by atoms with Gasteiger partial charge in [0.2, 0.25) is 5.13 Å². The van der Waals surface area contributed by atoms with Gasteiger partial charge in [0.05, 0.1) is 30.5 Å². The number of Topliss-reactive ketones (excluding diaryl/α,β-unsaturated/α-hetero) is 1. The van der Waals surface area contributed by atoms with Crippen molar-refractivity contribution in [1.29, 1.82) is 0 Å². The summed E-state index contributed by atoms with van der Waals surface area (Å²) in [7, 11) is 0. The number of hydrogen-bond acceptors (Lipinski definition) is 10. The molecule has 0 bridgehead atoms. The van der Waals surface area contributed by atoms with Gasteiger partial charge in [0.15, 0.2) is 21.6 Å². The number of rotatable bonds is 11. The minimum atomic E-state index is -1.04. The molecule has 2 aromatic carbocycles. The molecule has 0 spiro atoms. The van der Waals surface area contributed by atoms with E-state index in [1.807, 2.05) is 44.2 Å². The number of imidazole rings is 1. The fourth-order valence-corrected chi connectivity index (χ4v) is 7.43. The van der Waals surface area contributed by atoms with Gasteiger partial charge in [-0.2, -0.15) is 0 Å². The number of fused-ring (bicyclic) bond motifs is 1. The zero-order valence-corrected chi connectivity index (χ0v) is 27.7. The van der Waals surface area contributed by atoms with Crippen LogP contribution in [0.3, 0.4) is 0 Å². The van der Waals surface area contributed by atoms with Crippen molar-refractivity contribution in [3.05, 3.63) is 100.0 Å². The fraction of sp³-hybridized carbons (Fsp3) is 0.242. The van der Waals surface area contributed by atoms with E-state index in [0.29, 0.717) is 62.4 Å². The lowest BCUT2D eigenvalue weighted by Crippen LogP contribution is -2.29. The van der Waals surface area contributed by atoms with Gasteiger partial charge in [0, 0.05) is 17.0 Å². The van der Waals surface area contributed by atoms with Crippen LogP contribution in [0, 0.1) is 6.92 Å². The van der Waals surface area contributed by atoms with E-state index in [9.17, 15) is 14.7 Å². The summed E-state index contributed by atoms with van der Waals surface area (Å²) in [6.07, 6.45) is 2.55. The van der Waals surface area contributed by atoms with E-state index in [0.717, 1.165) is 12.0 Å². The molecular formula is C33H30ClN5O5S2. The van der Waals surface area contributed by atoms with Crippen LogP contribution in [0.15, 0.2) is 76.8 Å². The predicted molar refractivity (Wildman–Crippen MR) is 179 cm³/mol. The number of aromatic nitrogens is 4. The number of ether oxygens (including phenoxy) is 2. The Balaban J connectivity index is 1.47. The van der Waals surface area contributed by atoms with Crippen LogP contribution in [-0.4, -0.2) is 49.6 Å². The number of aliphatic hydroxyl groups is 1. The Bertz CT molecular complexity index is 1970. The van der Waals surface area contributed by atoms with Gasteiger partial charge in [0.25, 0.3) is 5.78 Å². The summed E-state index contributed by atoms with van der Waals surface area (Å²) in [5.74, 6) is -0.488. The van der Waals surface area contributed by atoms with Crippen molar-refractivity contribution in [3.63, 3.8) is 0 Å². The summed E-state index contributed by atoms with van der Waals surface area (Å²) in [6.45, 7) is 6.47. The van der Waals surface area contributed by atoms with Gasteiger partial charge in [-0.05, 0) is 61.7 Å². The van der Waals surface area contributed by atoms with Crippen molar-refractivity contribution >= 4 is 62.9 Å². The first-order valence-electron chi connectivity index (χ1n) is 14.7. The number of aryl methyl sites for hydroxylation is 1. The Morgan fingerprint density at radius 2 is 1.85 bits per heavy atom. The second kappa shape index (κ2) is 13.5. The zero-order chi connectivity index (χ0) is 32.4. The molecule has 0 radical (unpaired) electrons. The summed E-state index contributed by atoms with van der Waals surface area (Å²) in [6, 6.07) is 17.2. The highest BCUT2D eigenvalue weighted by Gasteiger charge is 2.49. The first-order valence-corrected chi connectivity index (χ1v) is 16.8. The molecule has 1 N–H and O–H groups in total. The summed E-state index contributed by atoms with van der Waals surface area (Å²) in [5.41, 5.74) is 2.78. The number of hydrogen-bond donors (Lipinski definition) is 1. The maximum Gasteiger partial charge on any atom is 0.301 e. The highest BCUT2D eigenvalue weighted by atomic mass is 35.5. The normalized spacial score (nSPS) is 16.0. The number of amides is 1. The Hall–Kier alpha value is -4.39. The molecule has 6 rings (SSSR count). The van der Waals surface area contributed by atoms with Crippen molar-refractivity contribution in [1.82, 2.24) is 19.6 Å². The number of carbonyl (C=O) groups is 2. The van der Waals surface area contributed by atoms with Crippen LogP contribution < -0.4 is 14.4 Å². The molecule has 0 saturated carbocycles. The van der Waals surface area contributed by atoms with E-state index in [-0.39, 0.29) is 16.5 Å². The molecule has 1 atom stereocenters. The van der Waals surface area contributed by atoms with Crippen LogP contribution >= 0.6 is 34.7 Å². The number of thioether (sulfide) groups is 1. The van der Waals surface area contributed by atoms with Gasteiger partial charge in [-0.25, -0.2) is 4.98 Å². The van der Waals surface area contributed by atoms with E-state index in [2.05, 4.69) is 15.2 Å². The number of halogens is 1. The molecule has 1 aliphatic rings. The first kappa shape index (κ1) is 31.6. The molecule has 5 aromatic rings. The number of pyridine rings is 1. The third kappa shape index (κ3) is 5.95. The number of nitrogens with zero attached hydrogens (tertiary/aromatic N) is 5. The molecule has 13 heteroatoms. The molecule has 0 aliphatic carbocycles. The largest absolute Gasteiger partial charge is 0.505 e. The van der Waals surface area contributed by atoms with Crippen LogP contribution in [0.4, 0.5) is 5.13 Å². The Morgan fingerprint density at radius 3 is 2.63 bits per heavy atom. The van der Waals surface area contributed by atoms with Crippen LogP contribution in [0.25, 0.3) is 11.4 Å². The SMILES string of the molecule is CCCOc1ccc(C2C(=C(O)c3c(C)nc4ccccn34)C(=O)C(=O)N2c2nnc(SCc3ccccc3Cl)s2)cc1OCC. The average molecular weight is 676 g/mol. The minimum Gasteiger partial charge on any atom is -0.505 e. The third-order valence-corrected chi connectivity index (χ3v) is 9.80. The van der Waals surface area contributed by atoms with Crippen LogP contribution in [0.1, 0.15) is 48.8 Å². The number of anilines is 1. The molecule has 46 heavy (non-hydrogen) atoms. The molecule has 236 valence electrons. The molecule has 1 amide bonds. The zero-order valence-electron chi connectivity index (χ0n) is 25.3. The number of carbonyl (C=O) groups excluding carboxylic acids is 2. The Kier molecular flexibility index (Phi) is 9.29. The second-order valence-electron chi connectivity index (χ2n) is 10.4. The van der Waals surface area contributed by atoms with Crippen molar-refractivity contribution in [2.75, 3.05) is 18.1 Å². The van der Waals surface area contributed by atoms with Crippen LogP contribution in [-0.2, 0) is 15.3 Å². The first-order chi connectivity index (χ1) is 22.3. The molecule has 10 nitrogen and oxygen atoms in total. The van der Waals surface area contributed by atoms with Crippen molar-refractivity contribution in [3.8, 4) is 11.5 Å². The summed E-state index contributed by atoms with van der Waals surface area (Å²) in [4.78, 5) is 33.6. The number of aliphatic hydroxyl groups excluding tert-OH is 1. The maximum atomic E-state index is 13.9. The molecule has 3 aromatic heterocycles. The van der Waals surface area contributed by atoms with E-state index >= 15 is 0 Å².